The molecule has 6 heteroatoms. The number of aryl methyl sites for hydroxylation is 1. The van der Waals surface area contributed by atoms with E-state index in [2.05, 4.69) is 10.1 Å². The molecule has 0 saturated carbocycles. The molecule has 1 aromatic heterocycles. The van der Waals surface area contributed by atoms with Crippen molar-refractivity contribution in [1.29, 1.82) is 0 Å². The second-order valence-corrected chi connectivity index (χ2v) is 7.49. The predicted octanol–water partition coefficient (Wildman–Crippen LogP) is 3.91. The molecule has 1 fully saturated rings. The summed E-state index contributed by atoms with van der Waals surface area (Å²) in [5.41, 5.74) is 2.24. The Kier molecular flexibility index (Phi) is 5.89. The van der Waals surface area contributed by atoms with Crippen LogP contribution < -0.4 is 4.74 Å². The molecular formula is C23H25N3O3. The molecule has 6 nitrogen and oxygen atoms in total. The first-order valence-corrected chi connectivity index (χ1v) is 10.0. The van der Waals surface area contributed by atoms with E-state index < -0.39 is 0 Å². The van der Waals surface area contributed by atoms with Gasteiger partial charge in [-0.3, -0.25) is 4.79 Å². The van der Waals surface area contributed by atoms with Gasteiger partial charge in [0.25, 0.3) is 5.89 Å². The van der Waals surface area contributed by atoms with Gasteiger partial charge in [0, 0.05) is 19.0 Å². The summed E-state index contributed by atoms with van der Waals surface area (Å²) in [7, 11) is 0. The van der Waals surface area contributed by atoms with Gasteiger partial charge in [0.1, 0.15) is 5.75 Å². The number of rotatable bonds is 6. The molecule has 3 aromatic rings. The number of nitrogens with zero attached hydrogens (tertiary/aromatic N) is 3. The number of amides is 1. The first-order valence-electron chi connectivity index (χ1n) is 10.0. The third-order valence-electron chi connectivity index (χ3n) is 5.20. The SMILES string of the molecule is Cc1ccc(CC(=O)N2CCCC(c3noc(COc4ccccc4)n3)C2)cc1. The summed E-state index contributed by atoms with van der Waals surface area (Å²) in [6.45, 7) is 3.69. The second-order valence-electron chi connectivity index (χ2n) is 7.49. The van der Waals surface area contributed by atoms with Crippen molar-refractivity contribution < 1.29 is 14.1 Å². The lowest BCUT2D eigenvalue weighted by Gasteiger charge is -2.31. The fourth-order valence-electron chi connectivity index (χ4n) is 3.56. The van der Waals surface area contributed by atoms with Gasteiger partial charge in [-0.25, -0.2) is 0 Å². The van der Waals surface area contributed by atoms with Crippen molar-refractivity contribution in [3.05, 3.63) is 77.4 Å². The second kappa shape index (κ2) is 8.90. The maximum Gasteiger partial charge on any atom is 0.264 e. The van der Waals surface area contributed by atoms with E-state index in [1.807, 2.05) is 66.4 Å². The third kappa shape index (κ3) is 5.02. The van der Waals surface area contributed by atoms with Crippen molar-refractivity contribution in [1.82, 2.24) is 15.0 Å². The normalized spacial score (nSPS) is 16.6. The molecule has 0 radical (unpaired) electrons. The lowest BCUT2D eigenvalue weighted by atomic mass is 9.96. The largest absolute Gasteiger partial charge is 0.484 e. The molecule has 1 atom stereocenters. The van der Waals surface area contributed by atoms with Gasteiger partial charge in [-0.15, -0.1) is 0 Å². The van der Waals surface area contributed by atoms with Crippen LogP contribution in [0.15, 0.2) is 59.1 Å². The summed E-state index contributed by atoms with van der Waals surface area (Å²) in [6, 6.07) is 17.7. The highest BCUT2D eigenvalue weighted by Crippen LogP contribution is 2.25. The van der Waals surface area contributed by atoms with E-state index in [4.69, 9.17) is 9.26 Å². The number of piperidine rings is 1. The Morgan fingerprint density at radius 2 is 1.97 bits per heavy atom. The maximum atomic E-state index is 12.7. The van der Waals surface area contributed by atoms with E-state index in [1.54, 1.807) is 0 Å². The van der Waals surface area contributed by atoms with Crippen LogP contribution in [-0.2, 0) is 17.8 Å². The monoisotopic (exact) mass is 391 g/mol. The average molecular weight is 391 g/mol. The molecular weight excluding hydrogens is 366 g/mol. The van der Waals surface area contributed by atoms with Gasteiger partial charge in [0.05, 0.1) is 6.42 Å². The van der Waals surface area contributed by atoms with Gasteiger partial charge in [0.15, 0.2) is 12.4 Å². The average Bonchev–Trinajstić information content (AvgIpc) is 3.24. The van der Waals surface area contributed by atoms with Crippen LogP contribution in [0.5, 0.6) is 5.75 Å². The summed E-state index contributed by atoms with van der Waals surface area (Å²) >= 11 is 0. The summed E-state index contributed by atoms with van der Waals surface area (Å²) in [6.07, 6.45) is 2.32. The standard InChI is InChI=1S/C23H25N3O3/c1-17-9-11-18(12-10-17)14-22(27)26-13-5-6-19(15-26)23-24-21(29-25-23)16-28-20-7-3-2-4-8-20/h2-4,7-12,19H,5-6,13-16H2,1H3. The molecule has 1 amide bonds. The zero-order valence-electron chi connectivity index (χ0n) is 16.6. The van der Waals surface area contributed by atoms with Gasteiger partial charge < -0.3 is 14.2 Å². The van der Waals surface area contributed by atoms with Crippen molar-refractivity contribution in [2.24, 2.45) is 0 Å². The lowest BCUT2D eigenvalue weighted by Crippen LogP contribution is -2.40. The topological polar surface area (TPSA) is 68.5 Å². The summed E-state index contributed by atoms with van der Waals surface area (Å²) in [4.78, 5) is 19.2. The highest BCUT2D eigenvalue weighted by atomic mass is 16.5. The number of ether oxygens (including phenoxy) is 1. The quantitative estimate of drug-likeness (QED) is 0.637. The van der Waals surface area contributed by atoms with Gasteiger partial charge in [-0.1, -0.05) is 53.2 Å². The molecule has 2 heterocycles. The minimum absolute atomic E-state index is 0.0972. The van der Waals surface area contributed by atoms with E-state index >= 15 is 0 Å². The molecule has 150 valence electrons. The van der Waals surface area contributed by atoms with E-state index in [0.717, 1.165) is 30.7 Å². The number of carbonyl (C=O) groups excluding carboxylic acids is 1. The van der Waals surface area contributed by atoms with E-state index in [1.165, 1.54) is 5.56 Å². The molecule has 0 spiro atoms. The van der Waals surface area contributed by atoms with Crippen molar-refractivity contribution in [3.8, 4) is 5.75 Å². The predicted molar refractivity (Wildman–Crippen MR) is 109 cm³/mol. The zero-order chi connectivity index (χ0) is 20.1. The van der Waals surface area contributed by atoms with Crippen molar-refractivity contribution in [2.75, 3.05) is 13.1 Å². The van der Waals surface area contributed by atoms with Gasteiger partial charge >= 0.3 is 0 Å². The van der Waals surface area contributed by atoms with Gasteiger partial charge in [-0.05, 0) is 37.5 Å². The summed E-state index contributed by atoms with van der Waals surface area (Å²) in [5, 5.41) is 4.14. The van der Waals surface area contributed by atoms with Crippen molar-refractivity contribution >= 4 is 5.91 Å². The molecule has 0 aliphatic carbocycles. The summed E-state index contributed by atoms with van der Waals surface area (Å²) < 4.78 is 11.0. The Morgan fingerprint density at radius 3 is 2.76 bits per heavy atom. The minimum atomic E-state index is 0.0972. The van der Waals surface area contributed by atoms with Crippen LogP contribution in [0, 0.1) is 6.92 Å². The number of para-hydroxylation sites is 1. The number of hydrogen-bond acceptors (Lipinski definition) is 5. The molecule has 1 aliphatic heterocycles. The van der Waals surface area contributed by atoms with Crippen LogP contribution in [0.4, 0.5) is 0 Å². The number of hydrogen-bond donors (Lipinski definition) is 0. The first-order chi connectivity index (χ1) is 14.2. The summed E-state index contributed by atoms with van der Waals surface area (Å²) in [5.74, 6) is 2.11. The van der Waals surface area contributed by atoms with Gasteiger partial charge in [0.2, 0.25) is 5.91 Å². The Morgan fingerprint density at radius 1 is 1.17 bits per heavy atom. The number of aromatic nitrogens is 2. The van der Waals surface area contributed by atoms with Crippen LogP contribution in [0.3, 0.4) is 0 Å². The first kappa shape index (κ1) is 19.2. The Labute approximate surface area is 170 Å². The molecule has 4 rings (SSSR count). The highest BCUT2D eigenvalue weighted by Gasteiger charge is 2.28. The molecule has 1 aliphatic rings. The van der Waals surface area contributed by atoms with E-state index in [-0.39, 0.29) is 18.4 Å². The van der Waals surface area contributed by atoms with Crippen LogP contribution in [-0.4, -0.2) is 34.0 Å². The van der Waals surface area contributed by atoms with Gasteiger partial charge in [-0.2, -0.15) is 4.98 Å². The van der Waals surface area contributed by atoms with Crippen LogP contribution in [0.1, 0.15) is 41.6 Å². The van der Waals surface area contributed by atoms with Crippen LogP contribution in [0.25, 0.3) is 0 Å². The van der Waals surface area contributed by atoms with Crippen molar-refractivity contribution in [3.63, 3.8) is 0 Å². The number of benzene rings is 2. The molecule has 29 heavy (non-hydrogen) atoms. The van der Waals surface area contributed by atoms with E-state index in [9.17, 15) is 4.79 Å². The number of likely N-dealkylation sites (tertiary alicyclic amines) is 1. The fraction of sp³-hybridized carbons (Fsp3) is 0.348. The maximum absolute atomic E-state index is 12.7. The van der Waals surface area contributed by atoms with E-state index in [0.29, 0.717) is 24.7 Å². The Hall–Kier alpha value is -3.15. The zero-order valence-corrected chi connectivity index (χ0v) is 16.6. The minimum Gasteiger partial charge on any atom is -0.484 e. The molecule has 0 bridgehead atoms. The molecule has 1 unspecified atom stereocenters. The highest BCUT2D eigenvalue weighted by molar-refractivity contribution is 5.79. The number of carbonyl (C=O) groups is 1. The molecule has 0 N–H and O–H groups in total. The fourth-order valence-corrected chi connectivity index (χ4v) is 3.56. The van der Waals surface area contributed by atoms with Crippen LogP contribution in [0.2, 0.25) is 0 Å². The van der Waals surface area contributed by atoms with Crippen molar-refractivity contribution in [2.45, 2.75) is 38.7 Å². The van der Waals surface area contributed by atoms with Crippen LogP contribution >= 0.6 is 0 Å². The lowest BCUT2D eigenvalue weighted by molar-refractivity contribution is -0.131. The smallest absolute Gasteiger partial charge is 0.264 e. The Bertz CT molecular complexity index is 938. The third-order valence-corrected chi connectivity index (χ3v) is 5.20. The molecule has 1 saturated heterocycles. The Balaban J connectivity index is 1.34. The molecule has 2 aromatic carbocycles.